The quantitative estimate of drug-likeness (QED) is 0.457. The molecule has 6 nitrogen and oxygen atoms in total. The molecular weight excluding hydrogens is 348 g/mol. The molecule has 0 bridgehead atoms. The van der Waals surface area contributed by atoms with Crippen molar-refractivity contribution in [3.63, 3.8) is 0 Å². The van der Waals surface area contributed by atoms with Gasteiger partial charge in [-0.25, -0.2) is 9.97 Å². The molecule has 0 spiro atoms. The minimum atomic E-state index is 0.00504. The highest BCUT2D eigenvalue weighted by Gasteiger charge is 2.29. The number of nitrogens with zero attached hydrogens (tertiary/aromatic N) is 5. The van der Waals surface area contributed by atoms with Crippen molar-refractivity contribution in [2.75, 3.05) is 10.2 Å². The SMILES string of the molecule is N#Cc1nc2c(nc1C#N)N(c1ccccc1)c1ccc3ccccc3c1N2. The predicted molar refractivity (Wildman–Crippen MR) is 107 cm³/mol. The number of hydrogen-bond donors (Lipinski definition) is 1. The van der Waals surface area contributed by atoms with Crippen molar-refractivity contribution in [2.24, 2.45) is 0 Å². The summed E-state index contributed by atoms with van der Waals surface area (Å²) >= 11 is 0. The highest BCUT2D eigenvalue weighted by atomic mass is 15.3. The highest BCUT2D eigenvalue weighted by Crippen LogP contribution is 2.48. The second-order valence-corrected chi connectivity index (χ2v) is 6.29. The summed E-state index contributed by atoms with van der Waals surface area (Å²) < 4.78 is 0. The Hall–Kier alpha value is -4.42. The lowest BCUT2D eigenvalue weighted by atomic mass is 10.0. The Morgan fingerprint density at radius 2 is 1.50 bits per heavy atom. The molecule has 1 N–H and O–H groups in total. The van der Waals surface area contributed by atoms with Crippen molar-refractivity contribution in [3.05, 3.63) is 78.1 Å². The summed E-state index contributed by atoms with van der Waals surface area (Å²) in [4.78, 5) is 10.8. The number of benzene rings is 3. The molecule has 1 aromatic heterocycles. The maximum atomic E-state index is 9.40. The standard InChI is InChI=1S/C22H12N6/c23-12-17-18(13-24)26-22-21(25-17)27-20-16-9-5-4-6-14(16)10-11-19(20)28(22)15-7-2-1-3-8-15/h1-11H,(H,25,27). The van der Waals surface area contributed by atoms with Gasteiger partial charge < -0.3 is 5.32 Å². The van der Waals surface area contributed by atoms with Gasteiger partial charge in [0.25, 0.3) is 0 Å². The van der Waals surface area contributed by atoms with Crippen LogP contribution in [-0.4, -0.2) is 9.97 Å². The molecule has 0 radical (unpaired) electrons. The van der Waals surface area contributed by atoms with Gasteiger partial charge in [0, 0.05) is 11.1 Å². The van der Waals surface area contributed by atoms with Crippen LogP contribution in [0.4, 0.5) is 28.7 Å². The Balaban J connectivity index is 1.85. The number of hydrogen-bond acceptors (Lipinski definition) is 6. The fraction of sp³-hybridized carbons (Fsp3) is 0. The van der Waals surface area contributed by atoms with E-state index in [1.807, 2.05) is 77.7 Å². The van der Waals surface area contributed by atoms with Crippen LogP contribution in [0.5, 0.6) is 0 Å². The van der Waals surface area contributed by atoms with Crippen LogP contribution in [0.2, 0.25) is 0 Å². The normalized spacial score (nSPS) is 11.7. The number of fused-ring (bicyclic) bond motifs is 4. The van der Waals surface area contributed by atoms with Crippen molar-refractivity contribution in [3.8, 4) is 12.1 Å². The summed E-state index contributed by atoms with van der Waals surface area (Å²) in [6.07, 6.45) is 0. The lowest BCUT2D eigenvalue weighted by Gasteiger charge is -2.33. The molecular formula is C22H12N6. The van der Waals surface area contributed by atoms with E-state index in [0.29, 0.717) is 11.6 Å². The third-order valence-electron chi connectivity index (χ3n) is 4.71. The zero-order valence-electron chi connectivity index (χ0n) is 14.6. The first-order chi connectivity index (χ1) is 13.8. The third-order valence-corrected chi connectivity index (χ3v) is 4.71. The van der Waals surface area contributed by atoms with E-state index in [0.717, 1.165) is 27.8 Å². The summed E-state index contributed by atoms with van der Waals surface area (Å²) in [5, 5.41) is 24.2. The van der Waals surface area contributed by atoms with E-state index in [2.05, 4.69) is 21.4 Å². The number of aromatic nitrogens is 2. The van der Waals surface area contributed by atoms with Gasteiger partial charge in [-0.1, -0.05) is 48.5 Å². The van der Waals surface area contributed by atoms with E-state index >= 15 is 0 Å². The van der Waals surface area contributed by atoms with E-state index < -0.39 is 0 Å². The summed E-state index contributed by atoms with van der Waals surface area (Å²) in [6, 6.07) is 25.8. The first-order valence-electron chi connectivity index (χ1n) is 8.66. The summed E-state index contributed by atoms with van der Waals surface area (Å²) in [7, 11) is 0. The largest absolute Gasteiger partial charge is 0.335 e. The van der Waals surface area contributed by atoms with Crippen LogP contribution >= 0.6 is 0 Å². The Labute approximate surface area is 160 Å². The molecule has 5 rings (SSSR count). The van der Waals surface area contributed by atoms with Crippen LogP contribution in [0.25, 0.3) is 10.8 Å². The van der Waals surface area contributed by atoms with Gasteiger partial charge in [0.15, 0.2) is 23.0 Å². The van der Waals surface area contributed by atoms with Gasteiger partial charge >= 0.3 is 0 Å². The smallest absolute Gasteiger partial charge is 0.182 e. The molecule has 0 fully saturated rings. The molecule has 3 aromatic carbocycles. The highest BCUT2D eigenvalue weighted by molar-refractivity contribution is 6.07. The van der Waals surface area contributed by atoms with Crippen molar-refractivity contribution in [1.82, 2.24) is 9.97 Å². The van der Waals surface area contributed by atoms with E-state index in [-0.39, 0.29) is 11.4 Å². The molecule has 0 aliphatic carbocycles. The van der Waals surface area contributed by atoms with Gasteiger partial charge in [-0.3, -0.25) is 4.90 Å². The Bertz CT molecular complexity index is 1310. The molecule has 0 saturated heterocycles. The van der Waals surface area contributed by atoms with Gasteiger partial charge in [0.2, 0.25) is 0 Å². The average Bonchev–Trinajstić information content (AvgIpc) is 2.77. The second kappa shape index (κ2) is 6.08. The van der Waals surface area contributed by atoms with E-state index in [1.165, 1.54) is 0 Å². The van der Waals surface area contributed by atoms with Gasteiger partial charge in [-0.15, -0.1) is 0 Å². The van der Waals surface area contributed by atoms with Crippen LogP contribution in [-0.2, 0) is 0 Å². The van der Waals surface area contributed by atoms with Crippen LogP contribution in [0.1, 0.15) is 11.4 Å². The van der Waals surface area contributed by atoms with Crippen molar-refractivity contribution in [1.29, 1.82) is 10.5 Å². The molecule has 6 heteroatoms. The maximum absolute atomic E-state index is 9.40. The number of rotatable bonds is 1. The lowest BCUT2D eigenvalue weighted by Crippen LogP contribution is -2.21. The first-order valence-corrected chi connectivity index (χ1v) is 8.66. The first kappa shape index (κ1) is 15.8. The molecule has 130 valence electrons. The van der Waals surface area contributed by atoms with Crippen LogP contribution < -0.4 is 10.2 Å². The lowest BCUT2D eigenvalue weighted by molar-refractivity contribution is 1.07. The molecule has 2 heterocycles. The predicted octanol–water partition coefficient (Wildman–Crippen LogP) is 4.90. The van der Waals surface area contributed by atoms with Gasteiger partial charge in [0.05, 0.1) is 11.4 Å². The van der Waals surface area contributed by atoms with Crippen molar-refractivity contribution >= 4 is 39.5 Å². The van der Waals surface area contributed by atoms with Crippen LogP contribution in [0, 0.1) is 22.7 Å². The fourth-order valence-electron chi connectivity index (χ4n) is 3.47. The van der Waals surface area contributed by atoms with E-state index in [9.17, 15) is 10.5 Å². The molecule has 28 heavy (non-hydrogen) atoms. The zero-order chi connectivity index (χ0) is 19.1. The molecule has 0 unspecified atom stereocenters. The minimum absolute atomic E-state index is 0.00504. The number of anilines is 5. The molecule has 0 amide bonds. The van der Waals surface area contributed by atoms with Gasteiger partial charge in [0.1, 0.15) is 12.1 Å². The topological polar surface area (TPSA) is 88.6 Å². The fourth-order valence-corrected chi connectivity index (χ4v) is 3.47. The molecule has 1 aliphatic rings. The second-order valence-electron chi connectivity index (χ2n) is 6.29. The van der Waals surface area contributed by atoms with E-state index in [1.54, 1.807) is 0 Å². The molecule has 0 atom stereocenters. The van der Waals surface area contributed by atoms with Gasteiger partial charge in [-0.05, 0) is 23.6 Å². The number of nitriles is 2. The monoisotopic (exact) mass is 360 g/mol. The molecule has 1 aliphatic heterocycles. The summed E-state index contributed by atoms with van der Waals surface area (Å²) in [5.41, 5.74) is 2.70. The Morgan fingerprint density at radius 3 is 2.29 bits per heavy atom. The van der Waals surface area contributed by atoms with E-state index in [4.69, 9.17) is 0 Å². The van der Waals surface area contributed by atoms with Crippen LogP contribution in [0.3, 0.4) is 0 Å². The van der Waals surface area contributed by atoms with Crippen LogP contribution in [0.15, 0.2) is 66.7 Å². The zero-order valence-corrected chi connectivity index (χ0v) is 14.6. The third kappa shape index (κ3) is 2.26. The molecule has 0 saturated carbocycles. The van der Waals surface area contributed by atoms with Gasteiger partial charge in [-0.2, -0.15) is 10.5 Å². The maximum Gasteiger partial charge on any atom is 0.182 e. The summed E-state index contributed by atoms with van der Waals surface area (Å²) in [6.45, 7) is 0. The Morgan fingerprint density at radius 1 is 0.786 bits per heavy atom. The summed E-state index contributed by atoms with van der Waals surface area (Å²) in [5.74, 6) is 0.938. The number of nitrogens with one attached hydrogen (secondary N) is 1. The number of para-hydroxylation sites is 1. The Kier molecular flexibility index (Phi) is 3.43. The van der Waals surface area contributed by atoms with Crippen molar-refractivity contribution < 1.29 is 0 Å². The van der Waals surface area contributed by atoms with Crippen molar-refractivity contribution in [2.45, 2.75) is 0 Å². The minimum Gasteiger partial charge on any atom is -0.335 e. The molecule has 4 aromatic rings. The average molecular weight is 360 g/mol.